The van der Waals surface area contributed by atoms with Gasteiger partial charge in [0.05, 0.1) is 12.1 Å². The minimum absolute atomic E-state index is 0.116. The van der Waals surface area contributed by atoms with E-state index in [-0.39, 0.29) is 24.7 Å². The molecule has 2 N–H and O–H groups in total. The van der Waals surface area contributed by atoms with E-state index in [4.69, 9.17) is 0 Å². The molecule has 0 bridgehead atoms. The van der Waals surface area contributed by atoms with Crippen LogP contribution in [0.5, 0.6) is 0 Å². The first-order chi connectivity index (χ1) is 11.5. The van der Waals surface area contributed by atoms with Crippen LogP contribution in [0.4, 0.5) is 14.5 Å². The van der Waals surface area contributed by atoms with Crippen LogP contribution in [0.1, 0.15) is 32.1 Å². The smallest absolute Gasteiger partial charge is 0.239 e. The van der Waals surface area contributed by atoms with Gasteiger partial charge < -0.3 is 15.3 Å². The minimum atomic E-state index is -0.884. The molecule has 24 heavy (non-hydrogen) atoms. The van der Waals surface area contributed by atoms with Crippen molar-refractivity contribution in [3.05, 3.63) is 29.8 Å². The average molecular weight is 338 g/mol. The van der Waals surface area contributed by atoms with Crippen molar-refractivity contribution in [1.29, 1.82) is 0 Å². The zero-order chi connectivity index (χ0) is 17.3. The van der Waals surface area contributed by atoms with Gasteiger partial charge in [-0.3, -0.25) is 9.59 Å². The molecule has 0 radical (unpaired) electrons. The van der Waals surface area contributed by atoms with E-state index in [0.717, 1.165) is 31.0 Å². The summed E-state index contributed by atoms with van der Waals surface area (Å²) in [5.41, 5.74) is 0.116. The quantitative estimate of drug-likeness (QED) is 0.825. The molecule has 1 saturated heterocycles. The summed E-state index contributed by atoms with van der Waals surface area (Å²) < 4.78 is 26.7. The van der Waals surface area contributed by atoms with Crippen molar-refractivity contribution in [3.8, 4) is 0 Å². The number of carbonyl (C=O) groups is 2. The Hall–Kier alpha value is -2.02. The predicted octanol–water partition coefficient (Wildman–Crippen LogP) is 1.74. The maximum Gasteiger partial charge on any atom is 0.239 e. The molecule has 3 rings (SSSR count). The van der Waals surface area contributed by atoms with E-state index in [1.54, 1.807) is 0 Å². The Morgan fingerprint density at radius 3 is 2.46 bits per heavy atom. The van der Waals surface area contributed by atoms with Crippen molar-refractivity contribution < 1.29 is 23.5 Å². The van der Waals surface area contributed by atoms with Crippen LogP contribution in [0, 0.1) is 17.6 Å². The van der Waals surface area contributed by atoms with Crippen molar-refractivity contribution in [2.75, 3.05) is 11.4 Å². The van der Waals surface area contributed by atoms with Crippen LogP contribution in [0.2, 0.25) is 0 Å². The molecule has 1 aliphatic carbocycles. The number of halogens is 2. The van der Waals surface area contributed by atoms with Gasteiger partial charge in [0.25, 0.3) is 0 Å². The van der Waals surface area contributed by atoms with E-state index in [9.17, 15) is 23.5 Å². The Balaban J connectivity index is 1.68. The second-order valence-corrected chi connectivity index (χ2v) is 6.43. The van der Waals surface area contributed by atoms with Gasteiger partial charge in [0.15, 0.2) is 0 Å². The normalized spacial score (nSPS) is 27.4. The van der Waals surface area contributed by atoms with Gasteiger partial charge in [-0.1, -0.05) is 12.8 Å². The summed E-state index contributed by atoms with van der Waals surface area (Å²) in [5.74, 6) is -3.31. The van der Waals surface area contributed by atoms with Gasteiger partial charge in [-0.2, -0.15) is 0 Å². The zero-order valence-corrected chi connectivity index (χ0v) is 13.2. The third-order valence-corrected chi connectivity index (χ3v) is 4.74. The summed E-state index contributed by atoms with van der Waals surface area (Å²) in [6, 6.07) is 2.55. The van der Waals surface area contributed by atoms with E-state index in [1.807, 2.05) is 0 Å². The number of nitrogens with one attached hydrogen (secondary N) is 1. The van der Waals surface area contributed by atoms with Crippen molar-refractivity contribution in [3.63, 3.8) is 0 Å². The van der Waals surface area contributed by atoms with Crippen molar-refractivity contribution >= 4 is 17.5 Å². The zero-order valence-electron chi connectivity index (χ0n) is 13.2. The lowest BCUT2D eigenvalue weighted by molar-refractivity contribution is -0.133. The first-order valence-corrected chi connectivity index (χ1v) is 8.21. The summed E-state index contributed by atoms with van der Waals surface area (Å²) in [6.07, 6.45) is 2.87. The highest BCUT2D eigenvalue weighted by molar-refractivity contribution is 6.09. The van der Waals surface area contributed by atoms with Crippen molar-refractivity contribution in [2.24, 2.45) is 5.92 Å². The number of anilines is 1. The summed E-state index contributed by atoms with van der Waals surface area (Å²) in [4.78, 5) is 26.0. The molecule has 0 spiro atoms. The molecule has 1 heterocycles. The van der Waals surface area contributed by atoms with Crippen molar-refractivity contribution in [1.82, 2.24) is 5.32 Å². The molecule has 2 amide bonds. The number of hydrogen-bond donors (Lipinski definition) is 2. The molecule has 7 heteroatoms. The maximum absolute atomic E-state index is 13.3. The van der Waals surface area contributed by atoms with Crippen LogP contribution in [-0.2, 0) is 9.59 Å². The van der Waals surface area contributed by atoms with Crippen molar-refractivity contribution in [2.45, 2.75) is 44.2 Å². The summed E-state index contributed by atoms with van der Waals surface area (Å²) in [7, 11) is 0. The van der Waals surface area contributed by atoms with E-state index in [0.29, 0.717) is 12.8 Å². The summed E-state index contributed by atoms with van der Waals surface area (Å²) >= 11 is 0. The number of rotatable bonds is 3. The number of carbonyl (C=O) groups excluding carboxylic acids is 2. The van der Waals surface area contributed by atoms with Gasteiger partial charge in [0.1, 0.15) is 17.6 Å². The molecule has 1 aromatic rings. The van der Waals surface area contributed by atoms with Crippen LogP contribution < -0.4 is 10.2 Å². The molecular weight excluding hydrogens is 318 g/mol. The van der Waals surface area contributed by atoms with Gasteiger partial charge in [0, 0.05) is 18.3 Å². The maximum atomic E-state index is 13.3. The SMILES string of the molecule is O=C(NC1CCCCC1O)C1CCN(c2cc(F)cc(F)c2)C1=O. The monoisotopic (exact) mass is 338 g/mol. The number of aliphatic hydroxyl groups excluding tert-OH is 1. The molecule has 1 aromatic carbocycles. The highest BCUT2D eigenvalue weighted by atomic mass is 19.1. The molecule has 3 atom stereocenters. The number of hydrogen-bond acceptors (Lipinski definition) is 3. The fourth-order valence-electron chi connectivity index (χ4n) is 3.44. The van der Waals surface area contributed by atoms with Gasteiger partial charge >= 0.3 is 0 Å². The third-order valence-electron chi connectivity index (χ3n) is 4.74. The average Bonchev–Trinajstić information content (AvgIpc) is 2.90. The molecule has 5 nitrogen and oxygen atoms in total. The lowest BCUT2D eigenvalue weighted by Gasteiger charge is -2.29. The van der Waals surface area contributed by atoms with Crippen LogP contribution >= 0.6 is 0 Å². The highest BCUT2D eigenvalue weighted by Gasteiger charge is 2.39. The number of nitrogens with zero attached hydrogens (tertiary/aromatic N) is 1. The van der Waals surface area contributed by atoms with Gasteiger partial charge in [-0.15, -0.1) is 0 Å². The Labute approximate surface area is 138 Å². The molecule has 0 aromatic heterocycles. The summed E-state index contributed by atoms with van der Waals surface area (Å²) in [6.45, 7) is 0.229. The fraction of sp³-hybridized carbons (Fsp3) is 0.529. The molecular formula is C17H20F2N2O3. The lowest BCUT2D eigenvalue weighted by Crippen LogP contribution is -2.48. The standard InChI is InChI=1S/C17H20F2N2O3/c18-10-7-11(19)9-12(8-10)21-6-5-13(17(21)24)16(23)20-14-3-1-2-4-15(14)22/h7-9,13-15,22H,1-6H2,(H,20,23). The van der Waals surface area contributed by atoms with Crippen LogP contribution in [-0.4, -0.2) is 35.6 Å². The summed E-state index contributed by atoms with van der Waals surface area (Å²) in [5, 5.41) is 12.7. The largest absolute Gasteiger partial charge is 0.391 e. The number of aliphatic hydroxyl groups is 1. The molecule has 2 aliphatic rings. The Morgan fingerprint density at radius 1 is 1.12 bits per heavy atom. The fourth-order valence-corrected chi connectivity index (χ4v) is 3.44. The topological polar surface area (TPSA) is 69.6 Å². The molecule has 2 fully saturated rings. The van der Waals surface area contributed by atoms with E-state index < -0.39 is 35.5 Å². The lowest BCUT2D eigenvalue weighted by atomic mass is 9.92. The van der Waals surface area contributed by atoms with Crippen LogP contribution in [0.25, 0.3) is 0 Å². The Kier molecular flexibility index (Phi) is 4.80. The first-order valence-electron chi connectivity index (χ1n) is 8.21. The minimum Gasteiger partial charge on any atom is -0.391 e. The third kappa shape index (κ3) is 3.40. The first kappa shape index (κ1) is 16.8. The van der Waals surface area contributed by atoms with E-state index >= 15 is 0 Å². The highest BCUT2D eigenvalue weighted by Crippen LogP contribution is 2.27. The predicted molar refractivity (Wildman–Crippen MR) is 83.2 cm³/mol. The number of benzene rings is 1. The van der Waals surface area contributed by atoms with Gasteiger partial charge in [0.2, 0.25) is 11.8 Å². The second kappa shape index (κ2) is 6.84. The van der Waals surface area contributed by atoms with E-state index in [1.165, 1.54) is 4.90 Å². The van der Waals surface area contributed by atoms with Crippen LogP contribution in [0.15, 0.2) is 18.2 Å². The van der Waals surface area contributed by atoms with Gasteiger partial charge in [-0.05, 0) is 31.4 Å². The molecule has 130 valence electrons. The Bertz CT molecular complexity index is 632. The Morgan fingerprint density at radius 2 is 1.79 bits per heavy atom. The second-order valence-electron chi connectivity index (χ2n) is 6.43. The van der Waals surface area contributed by atoms with E-state index in [2.05, 4.69) is 5.32 Å². The molecule has 1 aliphatic heterocycles. The molecule has 3 unspecified atom stereocenters. The van der Waals surface area contributed by atoms with Crippen LogP contribution in [0.3, 0.4) is 0 Å². The van der Waals surface area contributed by atoms with Gasteiger partial charge in [-0.25, -0.2) is 8.78 Å². The number of amides is 2. The molecule has 1 saturated carbocycles.